The Morgan fingerprint density at radius 1 is 1.08 bits per heavy atom. The van der Waals surface area contributed by atoms with Crippen molar-refractivity contribution in [3.63, 3.8) is 0 Å². The molecular formula is C19H18N3O2+. The summed E-state index contributed by atoms with van der Waals surface area (Å²) in [5, 5.41) is 0. The Kier molecular flexibility index (Phi) is 4.52. The van der Waals surface area contributed by atoms with E-state index in [1.807, 2.05) is 36.4 Å². The second-order valence-corrected chi connectivity index (χ2v) is 5.54. The lowest BCUT2D eigenvalue weighted by Gasteiger charge is -2.09. The van der Waals surface area contributed by atoms with E-state index < -0.39 is 0 Å². The van der Waals surface area contributed by atoms with Gasteiger partial charge in [0.1, 0.15) is 0 Å². The standard InChI is InChI=1S/C19H17N3O2/c1-22(2)19(23)16-5-3-14(4-6-16)11-21-17-9-7-15(8-10-17)18-12-20-13-24-18/h3-13H,1-2H3/p+1. The number of hydrogen-bond acceptors (Lipinski definition) is 3. The zero-order valence-electron chi connectivity index (χ0n) is 13.6. The maximum atomic E-state index is 11.8. The topological polar surface area (TPSA) is 60.0 Å². The van der Waals surface area contributed by atoms with Gasteiger partial charge in [0.2, 0.25) is 12.0 Å². The fraction of sp³-hybridized carbons (Fsp3) is 0.105. The Morgan fingerprint density at radius 2 is 1.79 bits per heavy atom. The van der Waals surface area contributed by atoms with Crippen LogP contribution in [0.3, 0.4) is 0 Å². The molecule has 5 heteroatoms. The van der Waals surface area contributed by atoms with Gasteiger partial charge in [0, 0.05) is 31.4 Å². The molecule has 0 aliphatic heterocycles. The van der Waals surface area contributed by atoms with Crippen molar-refractivity contribution in [3.05, 3.63) is 72.2 Å². The first-order valence-corrected chi connectivity index (χ1v) is 7.54. The molecule has 0 saturated carbocycles. The molecule has 0 spiro atoms. The van der Waals surface area contributed by atoms with Crippen LogP contribution in [0.1, 0.15) is 15.9 Å². The molecule has 24 heavy (non-hydrogen) atoms. The average Bonchev–Trinajstić information content (AvgIpc) is 3.15. The largest absolute Gasteiger partial charge is 0.404 e. The number of hydrogen-bond donors (Lipinski definition) is 0. The molecule has 0 aliphatic rings. The first kappa shape index (κ1) is 15.7. The fourth-order valence-corrected chi connectivity index (χ4v) is 2.22. The molecule has 0 unspecified atom stereocenters. The Balaban J connectivity index is 1.70. The summed E-state index contributed by atoms with van der Waals surface area (Å²) >= 11 is 0. The van der Waals surface area contributed by atoms with Gasteiger partial charge in [-0.25, -0.2) is 0 Å². The lowest BCUT2D eigenvalue weighted by atomic mass is 10.1. The van der Waals surface area contributed by atoms with Crippen LogP contribution < -0.4 is 4.98 Å². The van der Waals surface area contributed by atoms with E-state index in [0.29, 0.717) is 5.56 Å². The van der Waals surface area contributed by atoms with Gasteiger partial charge < -0.3 is 9.32 Å². The zero-order chi connectivity index (χ0) is 16.9. The molecule has 3 rings (SSSR count). The van der Waals surface area contributed by atoms with Crippen LogP contribution in [0.4, 0.5) is 5.69 Å². The number of aromatic amines is 1. The average molecular weight is 320 g/mol. The molecule has 0 aliphatic carbocycles. The number of oxazole rings is 1. The van der Waals surface area contributed by atoms with Crippen molar-refractivity contribution in [2.45, 2.75) is 0 Å². The van der Waals surface area contributed by atoms with Crippen LogP contribution in [0.25, 0.3) is 11.3 Å². The summed E-state index contributed by atoms with van der Waals surface area (Å²) < 4.78 is 5.31. The molecule has 0 fully saturated rings. The van der Waals surface area contributed by atoms with Crippen LogP contribution in [-0.2, 0) is 0 Å². The number of aromatic nitrogens is 1. The van der Waals surface area contributed by atoms with Gasteiger partial charge in [0.25, 0.3) is 5.91 Å². The molecular weight excluding hydrogens is 302 g/mol. The maximum Gasteiger partial charge on any atom is 0.333 e. The Bertz CT molecular complexity index is 833. The second-order valence-electron chi connectivity index (χ2n) is 5.54. The summed E-state index contributed by atoms with van der Waals surface area (Å²) in [5.74, 6) is 0.774. The van der Waals surface area contributed by atoms with Gasteiger partial charge in [0.15, 0.2) is 0 Å². The van der Waals surface area contributed by atoms with E-state index >= 15 is 0 Å². The van der Waals surface area contributed by atoms with E-state index in [-0.39, 0.29) is 5.91 Å². The monoisotopic (exact) mass is 320 g/mol. The van der Waals surface area contributed by atoms with E-state index in [0.717, 1.165) is 22.6 Å². The minimum Gasteiger partial charge on any atom is -0.404 e. The van der Waals surface area contributed by atoms with E-state index in [2.05, 4.69) is 9.98 Å². The highest BCUT2D eigenvalue weighted by Gasteiger charge is 2.06. The zero-order valence-corrected chi connectivity index (χ0v) is 13.6. The smallest absolute Gasteiger partial charge is 0.333 e. The lowest BCUT2D eigenvalue weighted by Crippen LogP contribution is -2.21. The van der Waals surface area contributed by atoms with Crippen LogP contribution in [0.2, 0.25) is 0 Å². The van der Waals surface area contributed by atoms with E-state index in [4.69, 9.17) is 4.42 Å². The van der Waals surface area contributed by atoms with Crippen LogP contribution in [0, 0.1) is 0 Å². The molecule has 1 N–H and O–H groups in total. The predicted octanol–water partition coefficient (Wildman–Crippen LogP) is 3.21. The third-order valence-electron chi connectivity index (χ3n) is 3.55. The number of rotatable bonds is 4. The van der Waals surface area contributed by atoms with E-state index in [1.54, 1.807) is 43.5 Å². The van der Waals surface area contributed by atoms with Gasteiger partial charge in [-0.15, -0.1) is 0 Å². The Hall–Kier alpha value is -3.21. The molecule has 120 valence electrons. The molecule has 0 radical (unpaired) electrons. The SMILES string of the molecule is CN(C)C(=O)c1ccc(C=Nc2ccc(-c3c[nH+]co3)cc2)cc1. The van der Waals surface area contributed by atoms with Gasteiger partial charge >= 0.3 is 6.39 Å². The number of aliphatic imine (C=N–C) groups is 1. The lowest BCUT2D eigenvalue weighted by molar-refractivity contribution is -0.383. The molecule has 0 saturated heterocycles. The molecule has 2 aromatic carbocycles. The van der Waals surface area contributed by atoms with Crippen LogP contribution in [0.15, 0.2) is 70.5 Å². The highest BCUT2D eigenvalue weighted by Crippen LogP contribution is 2.21. The quantitative estimate of drug-likeness (QED) is 0.693. The van der Waals surface area contributed by atoms with Crippen LogP contribution in [-0.4, -0.2) is 31.1 Å². The molecule has 0 bridgehead atoms. The number of carbonyl (C=O) groups excluding carboxylic acids is 1. The predicted molar refractivity (Wildman–Crippen MR) is 92.4 cm³/mol. The van der Waals surface area contributed by atoms with Gasteiger partial charge in [0.05, 0.1) is 5.69 Å². The first-order valence-electron chi connectivity index (χ1n) is 7.54. The number of benzene rings is 2. The van der Waals surface area contributed by atoms with E-state index in [1.165, 1.54) is 6.39 Å². The van der Waals surface area contributed by atoms with Crippen LogP contribution >= 0.6 is 0 Å². The number of amides is 1. The molecule has 5 nitrogen and oxygen atoms in total. The summed E-state index contributed by atoms with van der Waals surface area (Å²) in [6.07, 6.45) is 5.11. The second kappa shape index (κ2) is 6.91. The summed E-state index contributed by atoms with van der Waals surface area (Å²) in [6.45, 7) is 0. The van der Waals surface area contributed by atoms with Crippen molar-refractivity contribution in [2.75, 3.05) is 14.1 Å². The number of carbonyl (C=O) groups is 1. The van der Waals surface area contributed by atoms with Crippen molar-refractivity contribution in [1.82, 2.24) is 4.90 Å². The summed E-state index contributed by atoms with van der Waals surface area (Å²) in [4.78, 5) is 20.7. The summed E-state index contributed by atoms with van der Waals surface area (Å²) in [5.41, 5.74) is 3.44. The number of nitrogens with one attached hydrogen (secondary N) is 1. The number of nitrogens with zero attached hydrogens (tertiary/aromatic N) is 2. The molecule has 0 atom stereocenters. The normalized spacial score (nSPS) is 10.9. The van der Waals surface area contributed by atoms with Gasteiger partial charge in [-0.1, -0.05) is 12.1 Å². The third kappa shape index (κ3) is 3.57. The number of H-pyrrole nitrogens is 1. The summed E-state index contributed by atoms with van der Waals surface area (Å²) in [7, 11) is 3.48. The third-order valence-corrected chi connectivity index (χ3v) is 3.55. The molecule has 1 heterocycles. The minimum atomic E-state index is -0.00995. The Labute approximate surface area is 140 Å². The highest BCUT2D eigenvalue weighted by atomic mass is 16.3. The van der Waals surface area contributed by atoms with Crippen molar-refractivity contribution in [2.24, 2.45) is 4.99 Å². The Morgan fingerprint density at radius 3 is 2.38 bits per heavy atom. The fourth-order valence-electron chi connectivity index (χ4n) is 2.22. The molecule has 1 aromatic heterocycles. The van der Waals surface area contributed by atoms with Crippen LogP contribution in [0.5, 0.6) is 0 Å². The van der Waals surface area contributed by atoms with E-state index in [9.17, 15) is 4.79 Å². The minimum absolute atomic E-state index is 0.00995. The van der Waals surface area contributed by atoms with Crippen molar-refractivity contribution in [1.29, 1.82) is 0 Å². The van der Waals surface area contributed by atoms with Crippen molar-refractivity contribution < 1.29 is 14.2 Å². The van der Waals surface area contributed by atoms with Crippen molar-refractivity contribution >= 4 is 17.8 Å². The van der Waals surface area contributed by atoms with Gasteiger partial charge in [-0.3, -0.25) is 9.79 Å². The van der Waals surface area contributed by atoms with Crippen molar-refractivity contribution in [3.8, 4) is 11.3 Å². The highest BCUT2D eigenvalue weighted by molar-refractivity contribution is 5.94. The van der Waals surface area contributed by atoms with Gasteiger partial charge in [-0.05, 0) is 42.0 Å². The first-order chi connectivity index (χ1) is 11.6. The summed E-state index contributed by atoms with van der Waals surface area (Å²) in [6, 6.07) is 15.1. The maximum absolute atomic E-state index is 11.8. The molecule has 1 amide bonds. The van der Waals surface area contributed by atoms with Gasteiger partial charge in [-0.2, -0.15) is 4.98 Å². The molecule has 3 aromatic rings.